The molecule has 1 saturated heterocycles. The summed E-state index contributed by atoms with van der Waals surface area (Å²) in [7, 11) is 1.59. The molecule has 3 heterocycles. The fourth-order valence-corrected chi connectivity index (χ4v) is 4.46. The lowest BCUT2D eigenvalue weighted by Gasteiger charge is -2.24. The van der Waals surface area contributed by atoms with Gasteiger partial charge in [0.25, 0.3) is 5.91 Å². The number of carbonyl (C=O) groups excluding carboxylic acids is 2. The highest BCUT2D eigenvalue weighted by Gasteiger charge is 2.27. The summed E-state index contributed by atoms with van der Waals surface area (Å²) in [6, 6.07) is 17.9. The molecule has 10 heteroatoms. The van der Waals surface area contributed by atoms with Crippen LogP contribution in [0.5, 0.6) is 5.75 Å². The molecular formula is C28H27ClN4O5. The van der Waals surface area contributed by atoms with Crippen molar-refractivity contribution in [2.45, 2.75) is 18.9 Å². The van der Waals surface area contributed by atoms with Gasteiger partial charge in [-0.1, -0.05) is 29.8 Å². The third-order valence-corrected chi connectivity index (χ3v) is 6.48. The number of carbonyl (C=O) groups is 2. The quantitative estimate of drug-likeness (QED) is 0.322. The average Bonchev–Trinajstić information content (AvgIpc) is 3.71. The SMILES string of the molecule is COc1cccc(-n2cc(-c3ccc(Cl)cc3)nc2NC(=O)CN(CC2CCCO2)C(=O)c2ccco2)c1. The van der Waals surface area contributed by atoms with E-state index in [1.165, 1.54) is 11.2 Å². The number of ether oxygens (including phenoxy) is 2. The maximum Gasteiger partial charge on any atom is 0.290 e. The molecule has 0 bridgehead atoms. The smallest absolute Gasteiger partial charge is 0.290 e. The van der Waals surface area contributed by atoms with Crippen LogP contribution < -0.4 is 10.1 Å². The molecule has 4 aromatic rings. The Morgan fingerprint density at radius 1 is 1.18 bits per heavy atom. The van der Waals surface area contributed by atoms with E-state index in [1.54, 1.807) is 35.9 Å². The number of hydrogen-bond donors (Lipinski definition) is 1. The Hall–Kier alpha value is -4.08. The largest absolute Gasteiger partial charge is 0.497 e. The maximum atomic E-state index is 13.3. The van der Waals surface area contributed by atoms with Crippen molar-refractivity contribution in [3.63, 3.8) is 0 Å². The van der Waals surface area contributed by atoms with Crippen LogP contribution in [0.3, 0.4) is 0 Å². The summed E-state index contributed by atoms with van der Waals surface area (Å²) in [4.78, 5) is 32.5. The summed E-state index contributed by atoms with van der Waals surface area (Å²) in [5, 5.41) is 3.50. The van der Waals surface area contributed by atoms with Gasteiger partial charge < -0.3 is 18.8 Å². The van der Waals surface area contributed by atoms with E-state index in [-0.39, 0.29) is 30.9 Å². The minimum absolute atomic E-state index is 0.128. The first-order chi connectivity index (χ1) is 18.5. The molecule has 0 aliphatic carbocycles. The standard InChI is InChI=1S/C28H27ClN4O5/c1-36-22-6-2-5-21(15-22)33-17-24(19-9-11-20(29)12-10-19)30-28(33)31-26(34)18-32(16-23-7-3-13-37-23)27(35)25-8-4-14-38-25/h2,4-6,8-12,14-15,17,23H,3,7,13,16,18H2,1H3,(H,30,31,34). The first kappa shape index (κ1) is 25.6. The topological polar surface area (TPSA) is 98.8 Å². The van der Waals surface area contributed by atoms with Gasteiger partial charge in [0.1, 0.15) is 12.3 Å². The fraction of sp³-hybridized carbons (Fsp3) is 0.250. The molecule has 0 radical (unpaired) electrons. The lowest BCUT2D eigenvalue weighted by atomic mass is 10.2. The zero-order valence-corrected chi connectivity index (χ0v) is 21.6. The fourth-order valence-electron chi connectivity index (χ4n) is 4.33. The number of hydrogen-bond acceptors (Lipinski definition) is 6. The third-order valence-electron chi connectivity index (χ3n) is 6.23. The van der Waals surface area contributed by atoms with Crippen molar-refractivity contribution in [2.24, 2.45) is 0 Å². The van der Waals surface area contributed by atoms with Crippen molar-refractivity contribution in [3.05, 3.63) is 83.9 Å². The second kappa shape index (κ2) is 11.5. The Bertz CT molecular complexity index is 1400. The van der Waals surface area contributed by atoms with Crippen LogP contribution in [0.2, 0.25) is 5.02 Å². The molecule has 9 nitrogen and oxygen atoms in total. The van der Waals surface area contributed by atoms with Crippen molar-refractivity contribution >= 4 is 29.4 Å². The van der Waals surface area contributed by atoms with Gasteiger partial charge in [0.05, 0.1) is 30.9 Å². The average molecular weight is 535 g/mol. The van der Waals surface area contributed by atoms with E-state index in [4.69, 9.17) is 25.5 Å². The molecule has 196 valence electrons. The Kier molecular flexibility index (Phi) is 7.76. The maximum absolute atomic E-state index is 13.3. The van der Waals surface area contributed by atoms with Gasteiger partial charge in [0.2, 0.25) is 11.9 Å². The summed E-state index contributed by atoms with van der Waals surface area (Å²) >= 11 is 6.06. The molecule has 1 unspecified atom stereocenters. The van der Waals surface area contributed by atoms with Gasteiger partial charge >= 0.3 is 0 Å². The van der Waals surface area contributed by atoms with Crippen LogP contribution >= 0.6 is 11.6 Å². The molecule has 2 amide bonds. The Labute approximate surface area is 224 Å². The van der Waals surface area contributed by atoms with Crippen LogP contribution in [0.15, 0.2) is 77.5 Å². The normalized spacial score (nSPS) is 14.8. The Morgan fingerprint density at radius 2 is 2.03 bits per heavy atom. The number of nitrogens with one attached hydrogen (secondary N) is 1. The number of benzene rings is 2. The van der Waals surface area contributed by atoms with E-state index in [9.17, 15) is 9.59 Å². The second-order valence-electron chi connectivity index (χ2n) is 8.87. The van der Waals surface area contributed by atoms with Crippen LogP contribution in [0.25, 0.3) is 16.9 Å². The van der Waals surface area contributed by atoms with Crippen molar-refractivity contribution in [1.29, 1.82) is 0 Å². The molecule has 0 saturated carbocycles. The highest BCUT2D eigenvalue weighted by molar-refractivity contribution is 6.30. The zero-order valence-electron chi connectivity index (χ0n) is 20.8. The van der Waals surface area contributed by atoms with E-state index in [2.05, 4.69) is 10.3 Å². The van der Waals surface area contributed by atoms with E-state index in [0.29, 0.717) is 29.0 Å². The van der Waals surface area contributed by atoms with Gasteiger partial charge in [-0.05, 0) is 49.2 Å². The highest BCUT2D eigenvalue weighted by atomic mass is 35.5. The van der Waals surface area contributed by atoms with Crippen molar-refractivity contribution in [1.82, 2.24) is 14.5 Å². The zero-order chi connectivity index (χ0) is 26.5. The molecule has 5 rings (SSSR count). The van der Waals surface area contributed by atoms with Crippen LogP contribution in [0.4, 0.5) is 5.95 Å². The molecule has 2 aromatic heterocycles. The molecule has 1 aliphatic heterocycles. The van der Waals surface area contributed by atoms with Gasteiger partial charge in [0, 0.05) is 36.0 Å². The summed E-state index contributed by atoms with van der Waals surface area (Å²) < 4.78 is 18.2. The molecule has 38 heavy (non-hydrogen) atoms. The number of amides is 2. The summed E-state index contributed by atoms with van der Waals surface area (Å²) in [6.45, 7) is 0.735. The Morgan fingerprint density at radius 3 is 2.74 bits per heavy atom. The van der Waals surface area contributed by atoms with Crippen LogP contribution in [-0.2, 0) is 9.53 Å². The first-order valence-electron chi connectivity index (χ1n) is 12.2. The number of methoxy groups -OCH3 is 1. The summed E-state index contributed by atoms with van der Waals surface area (Å²) in [6.07, 6.45) is 4.88. The monoisotopic (exact) mass is 534 g/mol. The molecule has 0 spiro atoms. The number of anilines is 1. The number of aromatic nitrogens is 2. The number of rotatable bonds is 9. The summed E-state index contributed by atoms with van der Waals surface area (Å²) in [5.74, 6) is 0.349. The predicted molar refractivity (Wildman–Crippen MR) is 143 cm³/mol. The van der Waals surface area contributed by atoms with Gasteiger partial charge in [-0.25, -0.2) is 4.98 Å². The molecule has 2 aromatic carbocycles. The minimum atomic E-state index is -0.402. The molecule has 1 atom stereocenters. The van der Waals surface area contributed by atoms with Crippen molar-refractivity contribution in [3.8, 4) is 22.7 Å². The molecule has 1 fully saturated rings. The second-order valence-corrected chi connectivity index (χ2v) is 9.31. The first-order valence-corrected chi connectivity index (χ1v) is 12.6. The number of halogens is 1. The molecule has 1 N–H and O–H groups in total. The lowest BCUT2D eigenvalue weighted by Crippen LogP contribution is -2.42. The van der Waals surface area contributed by atoms with Crippen molar-refractivity contribution in [2.75, 3.05) is 32.1 Å². The van der Waals surface area contributed by atoms with Gasteiger partial charge in [-0.15, -0.1) is 0 Å². The van der Waals surface area contributed by atoms with E-state index >= 15 is 0 Å². The lowest BCUT2D eigenvalue weighted by molar-refractivity contribution is -0.117. The molecular weight excluding hydrogens is 508 g/mol. The van der Waals surface area contributed by atoms with Gasteiger partial charge in [0.15, 0.2) is 5.76 Å². The van der Waals surface area contributed by atoms with Crippen LogP contribution in [0.1, 0.15) is 23.4 Å². The number of imidazole rings is 1. The third kappa shape index (κ3) is 5.90. The van der Waals surface area contributed by atoms with Gasteiger partial charge in [-0.2, -0.15) is 0 Å². The highest BCUT2D eigenvalue weighted by Crippen LogP contribution is 2.27. The summed E-state index contributed by atoms with van der Waals surface area (Å²) in [5.41, 5.74) is 2.22. The Balaban J connectivity index is 1.42. The molecule has 1 aliphatic rings. The van der Waals surface area contributed by atoms with E-state index in [1.807, 2.05) is 42.6 Å². The number of furan rings is 1. The van der Waals surface area contributed by atoms with E-state index < -0.39 is 5.91 Å². The van der Waals surface area contributed by atoms with Gasteiger partial charge in [-0.3, -0.25) is 19.5 Å². The predicted octanol–water partition coefficient (Wildman–Crippen LogP) is 5.05. The van der Waals surface area contributed by atoms with Crippen LogP contribution in [-0.4, -0.2) is 59.2 Å². The number of nitrogens with zero attached hydrogens (tertiary/aromatic N) is 3. The van der Waals surface area contributed by atoms with Crippen LogP contribution in [0, 0.1) is 0 Å². The minimum Gasteiger partial charge on any atom is -0.497 e. The van der Waals surface area contributed by atoms with E-state index in [0.717, 1.165) is 24.1 Å². The van der Waals surface area contributed by atoms with Crippen molar-refractivity contribution < 1.29 is 23.5 Å².